The maximum absolute atomic E-state index is 13.1. The van der Waals surface area contributed by atoms with Gasteiger partial charge < -0.3 is 4.90 Å². The first kappa shape index (κ1) is 21.8. The summed E-state index contributed by atoms with van der Waals surface area (Å²) in [5, 5.41) is 0.816. The van der Waals surface area contributed by atoms with Gasteiger partial charge in [0.05, 0.1) is 10.2 Å². The Labute approximate surface area is 181 Å². The molecule has 0 aliphatic rings. The lowest BCUT2D eigenvalue weighted by atomic mass is 10.2. The molecule has 0 fully saturated rings. The summed E-state index contributed by atoms with van der Waals surface area (Å²) < 4.78 is 1.14. The number of para-hydroxylation sites is 1. The molecule has 0 bridgehead atoms. The van der Waals surface area contributed by atoms with Crippen molar-refractivity contribution in [3.8, 4) is 0 Å². The number of hydrogen-bond acceptors (Lipinski definition) is 5. The number of thiazole rings is 1. The van der Waals surface area contributed by atoms with Crippen LogP contribution in [-0.2, 0) is 4.79 Å². The molecule has 0 radical (unpaired) electrons. The van der Waals surface area contributed by atoms with Gasteiger partial charge in [0.2, 0.25) is 5.91 Å². The Kier molecular flexibility index (Phi) is 8.09. The molecule has 0 saturated heterocycles. The van der Waals surface area contributed by atoms with E-state index in [9.17, 15) is 4.79 Å². The van der Waals surface area contributed by atoms with Crippen LogP contribution in [0.5, 0.6) is 0 Å². The summed E-state index contributed by atoms with van der Waals surface area (Å²) in [7, 11) is 0. The summed E-state index contributed by atoms with van der Waals surface area (Å²) in [4.78, 5) is 23.4. The lowest BCUT2D eigenvalue weighted by Crippen LogP contribution is -2.39. The van der Waals surface area contributed by atoms with Crippen LogP contribution in [-0.4, -0.2) is 47.7 Å². The summed E-state index contributed by atoms with van der Waals surface area (Å²) in [6, 6.07) is 16.5. The molecule has 0 aliphatic heterocycles. The van der Waals surface area contributed by atoms with Gasteiger partial charge in [-0.3, -0.25) is 9.69 Å². The summed E-state index contributed by atoms with van der Waals surface area (Å²) in [6.07, 6.45) is 0.507. The number of hydrogen-bond donors (Lipinski definition) is 0. The molecule has 0 atom stereocenters. The molecule has 2 aromatic carbocycles. The van der Waals surface area contributed by atoms with Gasteiger partial charge in [0.15, 0.2) is 5.13 Å². The zero-order valence-corrected chi connectivity index (χ0v) is 19.1. The molecule has 154 valence electrons. The molecule has 6 heteroatoms. The van der Waals surface area contributed by atoms with E-state index in [1.807, 2.05) is 23.1 Å². The maximum atomic E-state index is 13.1. The Balaban J connectivity index is 1.74. The van der Waals surface area contributed by atoms with Crippen molar-refractivity contribution < 1.29 is 4.79 Å². The Morgan fingerprint density at radius 2 is 1.79 bits per heavy atom. The third kappa shape index (κ3) is 5.81. The zero-order chi connectivity index (χ0) is 20.6. The van der Waals surface area contributed by atoms with Crippen molar-refractivity contribution in [3.63, 3.8) is 0 Å². The number of rotatable bonds is 10. The molecule has 29 heavy (non-hydrogen) atoms. The normalized spacial score (nSPS) is 11.3. The number of aryl methyl sites for hydroxylation is 1. The molecule has 0 spiro atoms. The first-order valence-corrected chi connectivity index (χ1v) is 12.0. The van der Waals surface area contributed by atoms with Gasteiger partial charge in [0, 0.05) is 30.2 Å². The largest absolute Gasteiger partial charge is 0.302 e. The van der Waals surface area contributed by atoms with Crippen molar-refractivity contribution in [3.05, 3.63) is 54.1 Å². The fourth-order valence-corrected chi connectivity index (χ4v) is 5.15. The molecule has 4 nitrogen and oxygen atoms in total. The molecule has 1 aromatic heterocycles. The molecular weight excluding hydrogens is 398 g/mol. The number of carbonyl (C=O) groups excluding carboxylic acids is 1. The van der Waals surface area contributed by atoms with Crippen LogP contribution in [0.3, 0.4) is 0 Å². The predicted octanol–water partition coefficient (Wildman–Crippen LogP) is 5.46. The number of anilines is 1. The SMILES string of the molecule is CCN(CC)CCN(C(=O)CCSc1ccccc1)c1nc2c(C)cccc2s1. The van der Waals surface area contributed by atoms with E-state index in [-0.39, 0.29) is 5.91 Å². The molecule has 3 aromatic rings. The minimum absolute atomic E-state index is 0.150. The number of amides is 1. The number of thioether (sulfide) groups is 1. The topological polar surface area (TPSA) is 36.4 Å². The van der Waals surface area contributed by atoms with Crippen molar-refractivity contribution >= 4 is 44.4 Å². The second-order valence-corrected chi connectivity index (χ2v) is 9.08. The highest BCUT2D eigenvalue weighted by Crippen LogP contribution is 2.31. The van der Waals surface area contributed by atoms with Crippen LogP contribution in [0.1, 0.15) is 25.8 Å². The van der Waals surface area contributed by atoms with Gasteiger partial charge in [-0.15, -0.1) is 11.8 Å². The summed E-state index contributed by atoms with van der Waals surface area (Å²) >= 11 is 3.34. The molecule has 0 saturated carbocycles. The summed E-state index contributed by atoms with van der Waals surface area (Å²) in [5.74, 6) is 0.923. The number of benzene rings is 2. The van der Waals surface area contributed by atoms with Crippen LogP contribution in [0, 0.1) is 6.92 Å². The van der Waals surface area contributed by atoms with Gasteiger partial charge in [-0.05, 0) is 43.8 Å². The Morgan fingerprint density at radius 1 is 1.03 bits per heavy atom. The van der Waals surface area contributed by atoms with Crippen molar-refractivity contribution in [1.29, 1.82) is 0 Å². The van der Waals surface area contributed by atoms with Gasteiger partial charge in [-0.25, -0.2) is 4.98 Å². The van der Waals surface area contributed by atoms with Crippen molar-refractivity contribution in [1.82, 2.24) is 9.88 Å². The average Bonchev–Trinajstić information content (AvgIpc) is 3.17. The number of likely N-dealkylation sites (N-methyl/N-ethyl adjacent to an activating group) is 1. The van der Waals surface area contributed by atoms with Crippen molar-refractivity contribution in [2.24, 2.45) is 0 Å². The highest BCUT2D eigenvalue weighted by atomic mass is 32.2. The zero-order valence-electron chi connectivity index (χ0n) is 17.4. The first-order chi connectivity index (χ1) is 14.1. The lowest BCUT2D eigenvalue weighted by molar-refractivity contribution is -0.118. The second-order valence-electron chi connectivity index (χ2n) is 6.90. The second kappa shape index (κ2) is 10.8. The van der Waals surface area contributed by atoms with E-state index in [1.54, 1.807) is 23.1 Å². The van der Waals surface area contributed by atoms with Gasteiger partial charge in [-0.1, -0.05) is 55.5 Å². The summed E-state index contributed by atoms with van der Waals surface area (Å²) in [5.41, 5.74) is 2.16. The van der Waals surface area contributed by atoms with Crippen LogP contribution in [0.25, 0.3) is 10.2 Å². The number of fused-ring (bicyclic) bond motifs is 1. The minimum Gasteiger partial charge on any atom is -0.302 e. The fourth-order valence-electron chi connectivity index (χ4n) is 3.21. The van der Waals surface area contributed by atoms with Crippen LogP contribution >= 0.6 is 23.1 Å². The molecule has 3 rings (SSSR count). The van der Waals surface area contributed by atoms with E-state index in [0.717, 1.165) is 46.3 Å². The number of carbonyl (C=O) groups is 1. The number of nitrogens with zero attached hydrogens (tertiary/aromatic N) is 3. The molecule has 0 N–H and O–H groups in total. The van der Waals surface area contributed by atoms with Crippen LogP contribution in [0.2, 0.25) is 0 Å². The standard InChI is InChI=1S/C23H29N3OS2/c1-4-25(5-2)15-16-26(21(27)14-17-28-19-11-7-6-8-12-19)23-24-22-18(3)10-9-13-20(22)29-23/h6-13H,4-5,14-17H2,1-3H3. The maximum Gasteiger partial charge on any atom is 0.229 e. The van der Waals surface area contributed by atoms with Crippen LogP contribution in [0.15, 0.2) is 53.4 Å². The fraction of sp³-hybridized carbons (Fsp3) is 0.391. The third-order valence-electron chi connectivity index (χ3n) is 5.00. The highest BCUT2D eigenvalue weighted by Gasteiger charge is 2.20. The van der Waals surface area contributed by atoms with E-state index >= 15 is 0 Å². The van der Waals surface area contributed by atoms with Crippen LogP contribution in [0.4, 0.5) is 5.13 Å². The molecule has 1 heterocycles. The van der Waals surface area contributed by atoms with Crippen molar-refractivity contribution in [2.45, 2.75) is 32.1 Å². The van der Waals surface area contributed by atoms with E-state index < -0.39 is 0 Å². The Hall–Kier alpha value is -1.89. The van der Waals surface area contributed by atoms with E-state index in [4.69, 9.17) is 4.98 Å². The Bertz CT molecular complexity index is 922. The van der Waals surface area contributed by atoms with Crippen molar-refractivity contribution in [2.75, 3.05) is 36.8 Å². The highest BCUT2D eigenvalue weighted by molar-refractivity contribution is 7.99. The van der Waals surface area contributed by atoms with Gasteiger partial charge in [0.1, 0.15) is 0 Å². The molecular formula is C23H29N3OS2. The third-order valence-corrected chi connectivity index (χ3v) is 7.06. The Morgan fingerprint density at radius 3 is 2.48 bits per heavy atom. The quantitative estimate of drug-likeness (QED) is 0.403. The van der Waals surface area contributed by atoms with E-state index in [2.05, 4.69) is 56.0 Å². The predicted molar refractivity (Wildman–Crippen MR) is 126 cm³/mol. The van der Waals surface area contributed by atoms with Gasteiger partial charge in [0.25, 0.3) is 0 Å². The first-order valence-electron chi connectivity index (χ1n) is 10.2. The monoisotopic (exact) mass is 427 g/mol. The van der Waals surface area contributed by atoms with Gasteiger partial charge >= 0.3 is 0 Å². The summed E-state index contributed by atoms with van der Waals surface area (Å²) in [6.45, 7) is 9.91. The number of aromatic nitrogens is 1. The van der Waals surface area contributed by atoms with Gasteiger partial charge in [-0.2, -0.15) is 0 Å². The minimum atomic E-state index is 0.150. The smallest absolute Gasteiger partial charge is 0.229 e. The molecule has 0 aliphatic carbocycles. The van der Waals surface area contributed by atoms with E-state index in [0.29, 0.717) is 13.0 Å². The lowest BCUT2D eigenvalue weighted by Gasteiger charge is -2.24. The van der Waals surface area contributed by atoms with Crippen LogP contribution < -0.4 is 4.90 Å². The average molecular weight is 428 g/mol. The van der Waals surface area contributed by atoms with E-state index in [1.165, 1.54) is 4.90 Å². The molecule has 0 unspecified atom stereocenters. The molecule has 1 amide bonds.